The van der Waals surface area contributed by atoms with Crippen molar-refractivity contribution in [3.63, 3.8) is 0 Å². The second-order valence-electron chi connectivity index (χ2n) is 3.47. The average Bonchev–Trinajstić information content (AvgIpc) is 2.33. The van der Waals surface area contributed by atoms with Crippen LogP contribution in [0.4, 0.5) is 0 Å². The van der Waals surface area contributed by atoms with Crippen LogP contribution in [-0.2, 0) is 6.42 Å². The van der Waals surface area contributed by atoms with E-state index >= 15 is 0 Å². The van der Waals surface area contributed by atoms with Crippen LogP contribution in [0.25, 0.3) is 0 Å². The van der Waals surface area contributed by atoms with Crippen LogP contribution >= 0.6 is 11.6 Å². The van der Waals surface area contributed by atoms with E-state index in [0.717, 1.165) is 17.5 Å². The highest BCUT2D eigenvalue weighted by Gasteiger charge is 2.02. The fourth-order valence-electron chi connectivity index (χ4n) is 1.51. The summed E-state index contributed by atoms with van der Waals surface area (Å²) in [6.07, 6.45) is 3.23. The van der Waals surface area contributed by atoms with E-state index in [1.807, 2.05) is 24.3 Å². The highest BCUT2D eigenvalue weighted by atomic mass is 35.5. The minimum Gasteiger partial charge on any atom is -0.298 e. The quantitative estimate of drug-likeness (QED) is 0.760. The number of aromatic nitrogens is 1. The van der Waals surface area contributed by atoms with Crippen LogP contribution in [0.2, 0.25) is 5.02 Å². The molecule has 0 unspecified atom stereocenters. The number of hydrogen-bond acceptors (Lipinski definition) is 2. The first kappa shape index (κ1) is 10.8. The summed E-state index contributed by atoms with van der Waals surface area (Å²) in [5.41, 5.74) is 2.53. The Morgan fingerprint density at radius 1 is 1.25 bits per heavy atom. The number of aldehydes is 1. The number of benzene rings is 1. The summed E-state index contributed by atoms with van der Waals surface area (Å²) in [5.74, 6) is 0. The van der Waals surface area contributed by atoms with Crippen molar-refractivity contribution < 1.29 is 4.79 Å². The lowest BCUT2D eigenvalue weighted by Crippen LogP contribution is -1.93. The summed E-state index contributed by atoms with van der Waals surface area (Å²) in [7, 11) is 0. The van der Waals surface area contributed by atoms with Gasteiger partial charge >= 0.3 is 0 Å². The Morgan fingerprint density at radius 2 is 2.12 bits per heavy atom. The standard InChI is InChI=1S/C13H10ClNO/c14-13-5-4-10(7-11(13)9-16)8-12-3-1-2-6-15-12/h1-7,9H,8H2. The van der Waals surface area contributed by atoms with Crippen LogP contribution in [-0.4, -0.2) is 11.3 Å². The Balaban J connectivity index is 2.26. The molecule has 0 radical (unpaired) electrons. The van der Waals surface area contributed by atoms with Crippen molar-refractivity contribution in [2.24, 2.45) is 0 Å². The SMILES string of the molecule is O=Cc1cc(Cc2ccccn2)ccc1Cl. The molecule has 0 fully saturated rings. The average molecular weight is 232 g/mol. The van der Waals surface area contributed by atoms with Crippen molar-refractivity contribution in [3.8, 4) is 0 Å². The van der Waals surface area contributed by atoms with Gasteiger partial charge in [0.1, 0.15) is 0 Å². The van der Waals surface area contributed by atoms with Gasteiger partial charge in [-0.1, -0.05) is 23.7 Å². The fraction of sp³-hybridized carbons (Fsp3) is 0.0769. The van der Waals surface area contributed by atoms with Crippen LogP contribution in [0.1, 0.15) is 21.6 Å². The summed E-state index contributed by atoms with van der Waals surface area (Å²) in [6, 6.07) is 11.2. The first-order valence-corrected chi connectivity index (χ1v) is 5.31. The predicted octanol–water partition coefficient (Wildman–Crippen LogP) is 3.14. The number of carbonyl (C=O) groups excluding carboxylic acids is 1. The molecular formula is C13H10ClNO. The van der Waals surface area contributed by atoms with Crippen molar-refractivity contribution in [1.82, 2.24) is 4.98 Å². The molecule has 0 aliphatic rings. The summed E-state index contributed by atoms with van der Waals surface area (Å²) in [4.78, 5) is 15.0. The molecule has 16 heavy (non-hydrogen) atoms. The van der Waals surface area contributed by atoms with E-state index in [4.69, 9.17) is 11.6 Å². The van der Waals surface area contributed by atoms with Crippen molar-refractivity contribution in [2.75, 3.05) is 0 Å². The van der Waals surface area contributed by atoms with Crippen molar-refractivity contribution in [3.05, 3.63) is 64.4 Å². The molecule has 0 saturated heterocycles. The number of carbonyl (C=O) groups is 1. The number of pyridine rings is 1. The molecule has 0 aliphatic carbocycles. The highest BCUT2D eigenvalue weighted by Crippen LogP contribution is 2.17. The molecular weight excluding hydrogens is 222 g/mol. The van der Waals surface area contributed by atoms with Crippen molar-refractivity contribution >= 4 is 17.9 Å². The molecule has 0 amide bonds. The third-order valence-corrected chi connectivity index (χ3v) is 2.64. The number of hydrogen-bond donors (Lipinski definition) is 0. The first-order valence-electron chi connectivity index (χ1n) is 4.93. The van der Waals surface area contributed by atoms with Crippen LogP contribution in [0, 0.1) is 0 Å². The topological polar surface area (TPSA) is 30.0 Å². The van der Waals surface area contributed by atoms with E-state index in [1.165, 1.54) is 0 Å². The maximum atomic E-state index is 10.7. The monoisotopic (exact) mass is 231 g/mol. The lowest BCUT2D eigenvalue weighted by molar-refractivity contribution is 0.112. The molecule has 80 valence electrons. The van der Waals surface area contributed by atoms with Gasteiger partial charge in [-0.2, -0.15) is 0 Å². The molecule has 1 aromatic carbocycles. The molecule has 0 spiro atoms. The zero-order valence-corrected chi connectivity index (χ0v) is 9.32. The van der Waals surface area contributed by atoms with Gasteiger partial charge in [-0.15, -0.1) is 0 Å². The highest BCUT2D eigenvalue weighted by molar-refractivity contribution is 6.32. The maximum Gasteiger partial charge on any atom is 0.151 e. The van der Waals surface area contributed by atoms with Crippen molar-refractivity contribution in [1.29, 1.82) is 0 Å². The summed E-state index contributed by atoms with van der Waals surface area (Å²) in [6.45, 7) is 0. The van der Waals surface area contributed by atoms with Gasteiger partial charge in [0.05, 0.1) is 5.02 Å². The van der Waals surface area contributed by atoms with Gasteiger partial charge in [-0.05, 0) is 29.8 Å². The molecule has 0 atom stereocenters. The zero-order chi connectivity index (χ0) is 11.4. The number of nitrogens with zero attached hydrogens (tertiary/aromatic N) is 1. The molecule has 1 aromatic heterocycles. The molecule has 2 nitrogen and oxygen atoms in total. The third-order valence-electron chi connectivity index (χ3n) is 2.30. The molecule has 0 saturated carbocycles. The van der Waals surface area contributed by atoms with Gasteiger partial charge in [0.25, 0.3) is 0 Å². The normalized spacial score (nSPS) is 10.1. The molecule has 1 heterocycles. The Hall–Kier alpha value is -1.67. The molecule has 2 aromatic rings. The lowest BCUT2D eigenvalue weighted by atomic mass is 10.1. The van der Waals surface area contributed by atoms with Gasteiger partial charge in [-0.3, -0.25) is 9.78 Å². The summed E-state index contributed by atoms with van der Waals surface area (Å²) in [5, 5.41) is 0.486. The van der Waals surface area contributed by atoms with Gasteiger partial charge in [0.2, 0.25) is 0 Å². The van der Waals surface area contributed by atoms with Gasteiger partial charge < -0.3 is 0 Å². The Kier molecular flexibility index (Phi) is 3.32. The number of halogens is 1. The molecule has 0 bridgehead atoms. The van der Waals surface area contributed by atoms with E-state index in [1.54, 1.807) is 18.3 Å². The minimum atomic E-state index is 0.486. The third kappa shape index (κ3) is 2.47. The second-order valence-corrected chi connectivity index (χ2v) is 3.88. The molecule has 0 aliphatic heterocycles. The van der Waals surface area contributed by atoms with E-state index in [9.17, 15) is 4.79 Å². The van der Waals surface area contributed by atoms with Crippen LogP contribution in [0.5, 0.6) is 0 Å². The predicted molar refractivity (Wildman–Crippen MR) is 63.9 cm³/mol. The van der Waals surface area contributed by atoms with Gasteiger partial charge in [0.15, 0.2) is 6.29 Å². The summed E-state index contributed by atoms with van der Waals surface area (Å²) < 4.78 is 0. The van der Waals surface area contributed by atoms with E-state index in [2.05, 4.69) is 4.98 Å². The Labute approximate surface area is 98.9 Å². The van der Waals surface area contributed by atoms with E-state index in [-0.39, 0.29) is 0 Å². The summed E-state index contributed by atoms with van der Waals surface area (Å²) >= 11 is 5.85. The fourth-order valence-corrected chi connectivity index (χ4v) is 1.67. The Morgan fingerprint density at radius 3 is 2.81 bits per heavy atom. The van der Waals surface area contributed by atoms with Gasteiger partial charge in [0, 0.05) is 23.9 Å². The lowest BCUT2D eigenvalue weighted by Gasteiger charge is -2.03. The second kappa shape index (κ2) is 4.90. The molecule has 2 rings (SSSR count). The van der Waals surface area contributed by atoms with Crippen LogP contribution in [0.3, 0.4) is 0 Å². The Bertz CT molecular complexity index is 497. The zero-order valence-electron chi connectivity index (χ0n) is 8.56. The first-order chi connectivity index (χ1) is 7.79. The largest absolute Gasteiger partial charge is 0.298 e. The van der Waals surface area contributed by atoms with Crippen LogP contribution < -0.4 is 0 Å². The molecule has 3 heteroatoms. The maximum absolute atomic E-state index is 10.7. The van der Waals surface area contributed by atoms with E-state index in [0.29, 0.717) is 17.0 Å². The minimum absolute atomic E-state index is 0.486. The van der Waals surface area contributed by atoms with E-state index < -0.39 is 0 Å². The van der Waals surface area contributed by atoms with Crippen molar-refractivity contribution in [2.45, 2.75) is 6.42 Å². The smallest absolute Gasteiger partial charge is 0.151 e. The van der Waals surface area contributed by atoms with Crippen LogP contribution in [0.15, 0.2) is 42.6 Å². The number of rotatable bonds is 3. The molecule has 0 N–H and O–H groups in total. The van der Waals surface area contributed by atoms with Gasteiger partial charge in [-0.25, -0.2) is 0 Å².